The van der Waals surface area contributed by atoms with E-state index in [4.69, 9.17) is 20.4 Å². The fourth-order valence-corrected chi connectivity index (χ4v) is 14.9. The molecule has 18 rings (SSSR count). The Bertz CT molecular complexity index is 5470. The van der Waals surface area contributed by atoms with Gasteiger partial charge in [0.15, 0.2) is 0 Å². The molecule has 0 saturated carbocycles. The first kappa shape index (κ1) is 71.1. The third-order valence-electron chi connectivity index (χ3n) is 20.5. The van der Waals surface area contributed by atoms with Crippen LogP contribution in [0.15, 0.2) is 413 Å². The monoisotopic (exact) mass is 1490 g/mol. The van der Waals surface area contributed by atoms with Crippen LogP contribution in [-0.2, 0) is 9.59 Å². The molecule has 0 atom stereocenters. The van der Waals surface area contributed by atoms with Gasteiger partial charge in [0, 0.05) is 115 Å². The third kappa shape index (κ3) is 15.3. The molecule has 18 aromatic rings. The van der Waals surface area contributed by atoms with Gasteiger partial charge >= 0.3 is 0 Å². The second-order valence-electron chi connectivity index (χ2n) is 28.0. The lowest BCUT2D eigenvalue weighted by molar-refractivity contribution is -0.117. The molecule has 552 valence electrons. The SMILES string of the molecule is O=C(CCCC(=O)Nc1ccc(-n2nc3c(-c4ccc(N(c5ccccc5)c5ccccc5)cc4)ccc(-c4ccc(N(c5ccccc5)c5ccccc5)cc4)c3n2)cc1)Nc1ccc(-n2nc3c(-c4ccc(N(c5ccccc5)c5ccccc5)cc4)ccc(-c4ccc(N(c5ccccc5)c5ccccc5)cc4)c3n2)cc1. The van der Waals surface area contributed by atoms with Gasteiger partial charge in [-0.05, 0) is 223 Å². The van der Waals surface area contributed by atoms with E-state index < -0.39 is 0 Å². The van der Waals surface area contributed by atoms with Gasteiger partial charge in [0.25, 0.3) is 0 Å². The van der Waals surface area contributed by atoms with Crippen LogP contribution in [0.25, 0.3) is 77.9 Å². The molecule has 14 nitrogen and oxygen atoms in total. The van der Waals surface area contributed by atoms with Crippen LogP contribution in [0.3, 0.4) is 0 Å². The van der Waals surface area contributed by atoms with Crippen molar-refractivity contribution in [3.63, 3.8) is 0 Å². The Kier molecular flexibility index (Phi) is 20.1. The molecule has 0 spiro atoms. The first-order valence-electron chi connectivity index (χ1n) is 38.5. The number of para-hydroxylation sites is 8. The number of benzene rings is 16. The van der Waals surface area contributed by atoms with Crippen molar-refractivity contribution in [3.05, 3.63) is 413 Å². The van der Waals surface area contributed by atoms with Crippen LogP contribution in [0.1, 0.15) is 19.3 Å². The van der Waals surface area contributed by atoms with Crippen molar-refractivity contribution in [2.75, 3.05) is 30.2 Å². The lowest BCUT2D eigenvalue weighted by Gasteiger charge is -2.25. The molecular weight excluding hydrogens is 1410 g/mol. The smallest absolute Gasteiger partial charge is 0.224 e. The molecule has 115 heavy (non-hydrogen) atoms. The number of rotatable bonds is 24. The molecular formula is C101H76N12O2. The second kappa shape index (κ2) is 32.6. The van der Waals surface area contributed by atoms with E-state index in [0.717, 1.165) is 135 Å². The van der Waals surface area contributed by atoms with Crippen LogP contribution in [0.4, 0.5) is 79.6 Å². The van der Waals surface area contributed by atoms with Crippen molar-refractivity contribution >= 4 is 114 Å². The van der Waals surface area contributed by atoms with Crippen LogP contribution >= 0.6 is 0 Å². The lowest BCUT2D eigenvalue weighted by Crippen LogP contribution is -2.15. The molecule has 0 aliphatic heterocycles. The van der Waals surface area contributed by atoms with Crippen molar-refractivity contribution < 1.29 is 9.59 Å². The van der Waals surface area contributed by atoms with Gasteiger partial charge in [-0.2, -0.15) is 9.59 Å². The number of carbonyl (C=O) groups is 2. The minimum absolute atomic E-state index is 0.136. The van der Waals surface area contributed by atoms with Gasteiger partial charge in [0.05, 0.1) is 11.4 Å². The molecule has 2 amide bonds. The van der Waals surface area contributed by atoms with Crippen molar-refractivity contribution in [2.24, 2.45) is 0 Å². The summed E-state index contributed by atoms with van der Waals surface area (Å²) < 4.78 is 0. The largest absolute Gasteiger partial charge is 0.326 e. The summed E-state index contributed by atoms with van der Waals surface area (Å²) in [5.74, 6) is -0.416. The zero-order chi connectivity index (χ0) is 77.2. The average Bonchev–Trinajstić information content (AvgIpc) is 1.41. The molecule has 14 heteroatoms. The molecule has 0 unspecified atom stereocenters. The number of aromatic nitrogens is 6. The van der Waals surface area contributed by atoms with E-state index in [1.807, 2.05) is 97.1 Å². The molecule has 0 bridgehead atoms. The quantitative estimate of drug-likeness (QED) is 0.0603. The van der Waals surface area contributed by atoms with E-state index in [-0.39, 0.29) is 24.7 Å². The fourth-order valence-electron chi connectivity index (χ4n) is 14.9. The Morgan fingerprint density at radius 2 is 0.400 bits per heavy atom. The molecule has 0 saturated heterocycles. The summed E-state index contributed by atoms with van der Waals surface area (Å²) in [6, 6.07) is 141. The van der Waals surface area contributed by atoms with Gasteiger partial charge < -0.3 is 30.2 Å². The zero-order valence-corrected chi connectivity index (χ0v) is 62.7. The maximum Gasteiger partial charge on any atom is 0.224 e. The number of nitrogens with one attached hydrogen (secondary N) is 2. The van der Waals surface area contributed by atoms with Crippen molar-refractivity contribution in [1.29, 1.82) is 0 Å². The Hall–Kier alpha value is -15.5. The Morgan fingerprint density at radius 3 is 0.591 bits per heavy atom. The van der Waals surface area contributed by atoms with Gasteiger partial charge in [-0.25, -0.2) is 0 Å². The van der Waals surface area contributed by atoms with Crippen LogP contribution in [0.2, 0.25) is 0 Å². The molecule has 0 aliphatic carbocycles. The van der Waals surface area contributed by atoms with Gasteiger partial charge in [0.1, 0.15) is 22.1 Å². The average molecular weight is 1490 g/mol. The summed E-state index contributed by atoms with van der Waals surface area (Å²) in [5, 5.41) is 27.1. The van der Waals surface area contributed by atoms with Crippen LogP contribution in [0, 0.1) is 0 Å². The van der Waals surface area contributed by atoms with E-state index in [1.165, 1.54) is 0 Å². The first-order chi connectivity index (χ1) is 56.8. The van der Waals surface area contributed by atoms with Crippen LogP contribution in [-0.4, -0.2) is 41.8 Å². The van der Waals surface area contributed by atoms with Crippen LogP contribution in [0.5, 0.6) is 0 Å². The fraction of sp³-hybridized carbons (Fsp3) is 0.0297. The summed E-state index contributed by atoms with van der Waals surface area (Å²) in [5.41, 5.74) is 25.7. The predicted octanol–water partition coefficient (Wildman–Crippen LogP) is 25.4. The highest BCUT2D eigenvalue weighted by atomic mass is 16.2. The topological polar surface area (TPSA) is 133 Å². The van der Waals surface area contributed by atoms with E-state index in [1.54, 1.807) is 9.59 Å². The highest BCUT2D eigenvalue weighted by molar-refractivity contribution is 6.03. The number of nitrogens with zero attached hydrogens (tertiary/aromatic N) is 10. The Balaban J connectivity index is 0.567. The highest BCUT2D eigenvalue weighted by Gasteiger charge is 2.23. The number of hydrogen-bond donors (Lipinski definition) is 2. The molecule has 0 aliphatic rings. The summed E-state index contributed by atoms with van der Waals surface area (Å²) in [6.45, 7) is 0. The molecule has 2 aromatic heterocycles. The number of hydrogen-bond acceptors (Lipinski definition) is 10. The number of fused-ring (bicyclic) bond motifs is 2. The summed E-state index contributed by atoms with van der Waals surface area (Å²) in [6.07, 6.45) is 0.607. The number of amides is 2. The standard InChI is InChI=1S/C101H76N12O2/c114-96(102-76-52-64-90(65-53-76)112-104-98-92(72-44-56-86(57-45-72)108(78-26-9-1-10-27-78)79-28-11-2-12-29-79)68-69-93(99(98)105-112)73-46-58-87(59-47-73)109(80-30-13-3-14-31-80)81-32-15-4-16-33-81)42-25-43-97(115)103-77-54-66-91(67-55-77)113-106-100-94(74-48-60-88(61-49-74)110(82-34-17-5-18-35-82)83-36-19-6-20-37-83)70-71-95(101(100)107-113)75-50-62-89(63-51-75)111(84-38-21-7-22-39-84)85-40-23-8-24-41-85/h1-24,26-41,44-71H,25,42-43H2,(H,102,114)(H,103,115). The van der Waals surface area contributed by atoms with E-state index in [0.29, 0.717) is 29.2 Å². The maximum atomic E-state index is 13.6. The van der Waals surface area contributed by atoms with Crippen molar-refractivity contribution in [2.45, 2.75) is 19.3 Å². The predicted molar refractivity (Wildman–Crippen MR) is 469 cm³/mol. The Morgan fingerprint density at radius 1 is 0.217 bits per heavy atom. The van der Waals surface area contributed by atoms with Crippen LogP contribution < -0.4 is 30.2 Å². The first-order valence-corrected chi connectivity index (χ1v) is 38.5. The molecule has 16 aromatic carbocycles. The second-order valence-corrected chi connectivity index (χ2v) is 28.0. The molecule has 2 heterocycles. The highest BCUT2D eigenvalue weighted by Crippen LogP contribution is 2.44. The lowest BCUT2D eigenvalue weighted by atomic mass is 9.97. The van der Waals surface area contributed by atoms with Crippen molar-refractivity contribution in [1.82, 2.24) is 30.0 Å². The van der Waals surface area contributed by atoms with E-state index in [2.05, 4.69) is 346 Å². The van der Waals surface area contributed by atoms with E-state index >= 15 is 0 Å². The molecule has 0 radical (unpaired) electrons. The minimum atomic E-state index is -0.208. The van der Waals surface area contributed by atoms with Gasteiger partial charge in [-0.15, -0.1) is 20.4 Å². The summed E-state index contributed by atoms with van der Waals surface area (Å²) >= 11 is 0. The van der Waals surface area contributed by atoms with Gasteiger partial charge in [-0.1, -0.05) is 218 Å². The van der Waals surface area contributed by atoms with Crippen molar-refractivity contribution in [3.8, 4) is 55.9 Å². The number of carbonyl (C=O) groups excluding carboxylic acids is 2. The third-order valence-corrected chi connectivity index (χ3v) is 20.5. The summed E-state index contributed by atoms with van der Waals surface area (Å²) in [4.78, 5) is 39.5. The zero-order valence-electron chi connectivity index (χ0n) is 62.7. The van der Waals surface area contributed by atoms with Gasteiger partial charge in [-0.3, -0.25) is 9.59 Å². The summed E-state index contributed by atoms with van der Waals surface area (Å²) in [7, 11) is 0. The molecule has 2 N–H and O–H groups in total. The van der Waals surface area contributed by atoms with Gasteiger partial charge in [0.2, 0.25) is 11.8 Å². The minimum Gasteiger partial charge on any atom is -0.326 e. The number of anilines is 14. The molecule has 0 fully saturated rings. The maximum absolute atomic E-state index is 13.6. The normalized spacial score (nSPS) is 11.1. The van der Waals surface area contributed by atoms with E-state index in [9.17, 15) is 9.59 Å². The Labute approximate surface area is 667 Å².